The Hall–Kier alpha value is -2.17. The third-order valence-electron chi connectivity index (χ3n) is 2.86. The minimum atomic E-state index is -0.362. The maximum atomic E-state index is 11.8. The predicted octanol–water partition coefficient (Wildman–Crippen LogP) is 0.933. The molecule has 0 radical (unpaired) electrons. The molecule has 2 aromatic rings. The maximum Gasteiger partial charge on any atom is 0.329 e. The lowest BCUT2D eigenvalue weighted by Crippen LogP contribution is -2.30. The predicted molar refractivity (Wildman–Crippen MR) is 62.8 cm³/mol. The summed E-state index contributed by atoms with van der Waals surface area (Å²) in [5.74, 6) is 0. The summed E-state index contributed by atoms with van der Waals surface area (Å²) in [5, 5.41) is 0. The van der Waals surface area contributed by atoms with Gasteiger partial charge in [0.25, 0.3) is 5.56 Å². The Balaban J connectivity index is 2.28. The Kier molecular flexibility index (Phi) is 2.18. The molecule has 2 aromatic heterocycles. The zero-order chi connectivity index (χ0) is 11.8. The van der Waals surface area contributed by atoms with E-state index in [9.17, 15) is 9.59 Å². The summed E-state index contributed by atoms with van der Waals surface area (Å²) in [6.45, 7) is 0. The Morgan fingerprint density at radius 2 is 1.94 bits per heavy atom. The van der Waals surface area contributed by atoms with Crippen molar-refractivity contribution in [2.45, 2.75) is 18.9 Å². The van der Waals surface area contributed by atoms with Crippen molar-refractivity contribution in [3.05, 3.63) is 51.4 Å². The number of H-pyrrole nitrogens is 1. The topological polar surface area (TPSA) is 67.8 Å². The van der Waals surface area contributed by atoms with Gasteiger partial charge in [-0.3, -0.25) is 19.3 Å². The van der Waals surface area contributed by atoms with Gasteiger partial charge in [0.2, 0.25) is 0 Å². The molecule has 0 aliphatic heterocycles. The number of hydrogen-bond acceptors (Lipinski definition) is 3. The normalized spacial score (nSPS) is 14.8. The van der Waals surface area contributed by atoms with Gasteiger partial charge in [0, 0.05) is 30.1 Å². The first-order valence-electron chi connectivity index (χ1n) is 5.52. The molecule has 0 aromatic carbocycles. The van der Waals surface area contributed by atoms with Crippen molar-refractivity contribution in [1.82, 2.24) is 14.5 Å². The molecule has 1 aliphatic carbocycles. The average Bonchev–Trinajstić information content (AvgIpc) is 3.13. The molecule has 17 heavy (non-hydrogen) atoms. The quantitative estimate of drug-likeness (QED) is 0.833. The van der Waals surface area contributed by atoms with Gasteiger partial charge in [0.1, 0.15) is 0 Å². The van der Waals surface area contributed by atoms with E-state index in [1.165, 1.54) is 6.07 Å². The largest absolute Gasteiger partial charge is 0.329 e. The molecule has 1 N–H and O–H groups in total. The second kappa shape index (κ2) is 3.69. The molecule has 86 valence electrons. The van der Waals surface area contributed by atoms with Crippen molar-refractivity contribution < 1.29 is 0 Å². The van der Waals surface area contributed by atoms with Gasteiger partial charge in [-0.2, -0.15) is 0 Å². The molecule has 1 aliphatic rings. The van der Waals surface area contributed by atoms with Crippen LogP contribution in [0.1, 0.15) is 18.9 Å². The standard InChI is InChI=1S/C12H11N3O2/c16-11-7-10(8-3-5-13-6-4-8)15(9-1-2-9)12(17)14-11/h3-7,9H,1-2H2,(H,14,16,17). The number of aromatic nitrogens is 3. The van der Waals surface area contributed by atoms with Crippen LogP contribution in [-0.2, 0) is 0 Å². The van der Waals surface area contributed by atoms with Crippen LogP contribution in [0.15, 0.2) is 40.2 Å². The molecule has 5 nitrogen and oxygen atoms in total. The first-order chi connectivity index (χ1) is 8.25. The first kappa shape index (κ1) is 10.0. The molecular formula is C12H11N3O2. The van der Waals surface area contributed by atoms with Crippen LogP contribution in [0.4, 0.5) is 0 Å². The SMILES string of the molecule is O=c1cc(-c2ccncc2)n(C2CC2)c(=O)[nH]1. The maximum absolute atomic E-state index is 11.8. The van der Waals surface area contributed by atoms with Crippen molar-refractivity contribution >= 4 is 0 Å². The smallest absolute Gasteiger partial charge is 0.290 e. The molecule has 0 atom stereocenters. The lowest BCUT2D eigenvalue weighted by atomic mass is 10.2. The van der Waals surface area contributed by atoms with E-state index in [4.69, 9.17) is 0 Å². The average molecular weight is 229 g/mol. The van der Waals surface area contributed by atoms with Gasteiger partial charge in [0.15, 0.2) is 0 Å². The highest BCUT2D eigenvalue weighted by Crippen LogP contribution is 2.36. The summed E-state index contributed by atoms with van der Waals surface area (Å²) in [7, 11) is 0. The number of pyridine rings is 1. The van der Waals surface area contributed by atoms with Gasteiger partial charge in [-0.05, 0) is 25.0 Å². The number of aromatic amines is 1. The van der Waals surface area contributed by atoms with E-state index in [1.807, 2.05) is 0 Å². The molecule has 1 saturated carbocycles. The third-order valence-corrected chi connectivity index (χ3v) is 2.86. The molecule has 2 heterocycles. The van der Waals surface area contributed by atoms with Crippen LogP contribution in [0, 0.1) is 0 Å². The van der Waals surface area contributed by atoms with Crippen LogP contribution in [0.5, 0.6) is 0 Å². The summed E-state index contributed by atoms with van der Waals surface area (Å²) in [6, 6.07) is 5.29. The fraction of sp³-hybridized carbons (Fsp3) is 0.250. The van der Waals surface area contributed by atoms with Crippen LogP contribution in [-0.4, -0.2) is 14.5 Å². The minimum absolute atomic E-state index is 0.225. The van der Waals surface area contributed by atoms with Gasteiger partial charge < -0.3 is 0 Å². The lowest BCUT2D eigenvalue weighted by molar-refractivity contribution is 0.684. The summed E-state index contributed by atoms with van der Waals surface area (Å²) in [4.78, 5) is 29.4. The van der Waals surface area contributed by atoms with Crippen molar-refractivity contribution in [3.63, 3.8) is 0 Å². The van der Waals surface area contributed by atoms with E-state index in [-0.39, 0.29) is 17.3 Å². The number of nitrogens with zero attached hydrogens (tertiary/aromatic N) is 2. The van der Waals surface area contributed by atoms with Gasteiger partial charge in [-0.25, -0.2) is 4.79 Å². The lowest BCUT2D eigenvalue weighted by Gasteiger charge is -2.10. The van der Waals surface area contributed by atoms with E-state index in [1.54, 1.807) is 29.1 Å². The first-order valence-corrected chi connectivity index (χ1v) is 5.52. The monoisotopic (exact) mass is 229 g/mol. The summed E-state index contributed by atoms with van der Waals surface area (Å²) in [5.41, 5.74) is 0.823. The van der Waals surface area contributed by atoms with Crippen LogP contribution < -0.4 is 11.2 Å². The van der Waals surface area contributed by atoms with Crippen molar-refractivity contribution in [3.8, 4) is 11.3 Å². The highest BCUT2D eigenvalue weighted by Gasteiger charge is 2.27. The van der Waals surface area contributed by atoms with E-state index in [0.717, 1.165) is 18.4 Å². The number of rotatable bonds is 2. The zero-order valence-electron chi connectivity index (χ0n) is 9.09. The summed E-state index contributed by atoms with van der Waals surface area (Å²) >= 11 is 0. The highest BCUT2D eigenvalue weighted by atomic mass is 16.2. The fourth-order valence-corrected chi connectivity index (χ4v) is 1.95. The van der Waals surface area contributed by atoms with E-state index in [0.29, 0.717) is 5.69 Å². The summed E-state index contributed by atoms with van der Waals surface area (Å²) in [6.07, 6.45) is 5.28. The Morgan fingerprint density at radius 3 is 2.59 bits per heavy atom. The Bertz CT molecular complexity index is 653. The van der Waals surface area contributed by atoms with E-state index in [2.05, 4.69) is 9.97 Å². The van der Waals surface area contributed by atoms with E-state index >= 15 is 0 Å². The molecule has 1 fully saturated rings. The Labute approximate surface area is 96.8 Å². The zero-order valence-corrected chi connectivity index (χ0v) is 9.09. The van der Waals surface area contributed by atoms with Crippen LogP contribution in [0.2, 0.25) is 0 Å². The molecule has 0 bridgehead atoms. The van der Waals surface area contributed by atoms with Crippen LogP contribution in [0.3, 0.4) is 0 Å². The molecule has 0 amide bonds. The minimum Gasteiger partial charge on any atom is -0.290 e. The van der Waals surface area contributed by atoms with Gasteiger partial charge >= 0.3 is 5.69 Å². The van der Waals surface area contributed by atoms with E-state index < -0.39 is 0 Å². The molecule has 5 heteroatoms. The molecule has 0 spiro atoms. The Morgan fingerprint density at radius 1 is 1.24 bits per heavy atom. The van der Waals surface area contributed by atoms with Gasteiger partial charge in [-0.15, -0.1) is 0 Å². The second-order valence-electron chi connectivity index (χ2n) is 4.16. The third kappa shape index (κ3) is 1.80. The van der Waals surface area contributed by atoms with Crippen LogP contribution in [0.25, 0.3) is 11.3 Å². The molecule has 0 saturated heterocycles. The summed E-state index contributed by atoms with van der Waals surface area (Å²) < 4.78 is 1.66. The van der Waals surface area contributed by atoms with Crippen molar-refractivity contribution in [1.29, 1.82) is 0 Å². The molecule has 3 rings (SSSR count). The number of hydrogen-bond donors (Lipinski definition) is 1. The fourth-order valence-electron chi connectivity index (χ4n) is 1.95. The van der Waals surface area contributed by atoms with Gasteiger partial charge in [0.05, 0.1) is 5.69 Å². The second-order valence-corrected chi connectivity index (χ2v) is 4.16. The van der Waals surface area contributed by atoms with Crippen molar-refractivity contribution in [2.24, 2.45) is 0 Å². The van der Waals surface area contributed by atoms with Gasteiger partial charge in [-0.1, -0.05) is 0 Å². The highest BCUT2D eigenvalue weighted by molar-refractivity contribution is 5.58. The molecule has 0 unspecified atom stereocenters. The number of nitrogens with one attached hydrogen (secondary N) is 1. The molecular weight excluding hydrogens is 218 g/mol. The van der Waals surface area contributed by atoms with Crippen molar-refractivity contribution in [2.75, 3.05) is 0 Å². The van der Waals surface area contributed by atoms with Crippen LogP contribution >= 0.6 is 0 Å².